The van der Waals surface area contributed by atoms with Crippen LogP contribution in [0.3, 0.4) is 0 Å². The van der Waals surface area contributed by atoms with Gasteiger partial charge in [0.1, 0.15) is 11.2 Å². The zero-order valence-corrected chi connectivity index (χ0v) is 24.8. The number of allylic oxidation sites excluding steroid dienone is 2. The van der Waals surface area contributed by atoms with Crippen molar-refractivity contribution in [2.75, 3.05) is 0 Å². The summed E-state index contributed by atoms with van der Waals surface area (Å²) in [6.07, 6.45) is 14.3. The SMILES string of the molecule is CCCCCCC1C=CC(CCCCCCCC(=O)OOC(C)(C)C)C(C(=O)OOC(C)(C)C)C1C(=O)O. The Hall–Kier alpha value is -1.93. The van der Waals surface area contributed by atoms with E-state index >= 15 is 0 Å². The molecular formula is C30H52O8. The van der Waals surface area contributed by atoms with Crippen molar-refractivity contribution < 1.29 is 39.0 Å². The van der Waals surface area contributed by atoms with Crippen LogP contribution in [0.2, 0.25) is 0 Å². The molecule has 4 atom stereocenters. The van der Waals surface area contributed by atoms with E-state index in [1.165, 1.54) is 0 Å². The summed E-state index contributed by atoms with van der Waals surface area (Å²) in [5.74, 6) is -3.96. The average molecular weight is 541 g/mol. The number of unbranched alkanes of at least 4 members (excludes halogenated alkanes) is 7. The molecule has 38 heavy (non-hydrogen) atoms. The first-order valence-electron chi connectivity index (χ1n) is 14.4. The third-order valence-corrected chi connectivity index (χ3v) is 6.54. The van der Waals surface area contributed by atoms with E-state index in [4.69, 9.17) is 19.6 Å². The van der Waals surface area contributed by atoms with E-state index < -0.39 is 35.0 Å². The number of carboxylic acid groups (broad SMARTS) is 1. The highest BCUT2D eigenvalue weighted by Gasteiger charge is 2.46. The highest BCUT2D eigenvalue weighted by molar-refractivity contribution is 5.82. The van der Waals surface area contributed by atoms with E-state index in [0.717, 1.165) is 64.2 Å². The van der Waals surface area contributed by atoms with Crippen molar-refractivity contribution in [2.24, 2.45) is 23.7 Å². The molecule has 0 heterocycles. The number of hydrogen-bond donors (Lipinski definition) is 1. The van der Waals surface area contributed by atoms with E-state index in [9.17, 15) is 19.5 Å². The van der Waals surface area contributed by atoms with Crippen LogP contribution in [0.1, 0.15) is 126 Å². The van der Waals surface area contributed by atoms with Crippen molar-refractivity contribution >= 4 is 17.9 Å². The number of hydrogen-bond acceptors (Lipinski definition) is 7. The van der Waals surface area contributed by atoms with Crippen molar-refractivity contribution in [3.63, 3.8) is 0 Å². The fourth-order valence-electron chi connectivity index (χ4n) is 4.69. The number of aliphatic carboxylic acids is 1. The first-order valence-corrected chi connectivity index (χ1v) is 14.4. The molecule has 0 saturated heterocycles. The van der Waals surface area contributed by atoms with Gasteiger partial charge in [0, 0.05) is 6.42 Å². The van der Waals surface area contributed by atoms with Gasteiger partial charge in [-0.1, -0.05) is 70.4 Å². The van der Waals surface area contributed by atoms with E-state index in [1.807, 2.05) is 32.9 Å². The van der Waals surface area contributed by atoms with E-state index in [-0.39, 0.29) is 17.8 Å². The van der Waals surface area contributed by atoms with Gasteiger partial charge in [-0.05, 0) is 72.6 Å². The van der Waals surface area contributed by atoms with Gasteiger partial charge in [0.25, 0.3) is 0 Å². The van der Waals surface area contributed by atoms with Crippen LogP contribution in [-0.2, 0) is 33.9 Å². The van der Waals surface area contributed by atoms with Crippen molar-refractivity contribution in [3.8, 4) is 0 Å². The Kier molecular flexibility index (Phi) is 15.2. The lowest BCUT2D eigenvalue weighted by Gasteiger charge is -2.36. The molecule has 0 aromatic rings. The Morgan fingerprint density at radius 1 is 0.684 bits per heavy atom. The lowest BCUT2D eigenvalue weighted by molar-refractivity contribution is -0.325. The first-order chi connectivity index (χ1) is 17.7. The smallest absolute Gasteiger partial charge is 0.346 e. The van der Waals surface area contributed by atoms with Gasteiger partial charge >= 0.3 is 17.9 Å². The maximum Gasteiger partial charge on any atom is 0.346 e. The summed E-state index contributed by atoms with van der Waals surface area (Å²) in [7, 11) is 0. The Morgan fingerprint density at radius 3 is 1.68 bits per heavy atom. The summed E-state index contributed by atoms with van der Waals surface area (Å²) in [6, 6.07) is 0. The fraction of sp³-hybridized carbons (Fsp3) is 0.833. The van der Waals surface area contributed by atoms with Gasteiger partial charge in [-0.2, -0.15) is 9.78 Å². The first kappa shape index (κ1) is 34.1. The lowest BCUT2D eigenvalue weighted by Crippen LogP contribution is -2.43. The molecule has 0 radical (unpaired) electrons. The van der Waals surface area contributed by atoms with Gasteiger partial charge in [-0.15, -0.1) is 0 Å². The van der Waals surface area contributed by atoms with Crippen LogP contribution in [0, 0.1) is 23.7 Å². The third-order valence-electron chi connectivity index (χ3n) is 6.54. The predicted octanol–water partition coefficient (Wildman–Crippen LogP) is 7.35. The highest BCUT2D eigenvalue weighted by atomic mass is 17.2. The molecule has 220 valence electrons. The minimum absolute atomic E-state index is 0.199. The van der Waals surface area contributed by atoms with Gasteiger partial charge < -0.3 is 5.11 Å². The second-order valence-corrected chi connectivity index (χ2v) is 12.5. The zero-order chi connectivity index (χ0) is 28.8. The van der Waals surface area contributed by atoms with Crippen LogP contribution < -0.4 is 0 Å². The molecule has 0 aliphatic heterocycles. The summed E-state index contributed by atoms with van der Waals surface area (Å²) >= 11 is 0. The second-order valence-electron chi connectivity index (χ2n) is 12.5. The largest absolute Gasteiger partial charge is 0.481 e. The summed E-state index contributed by atoms with van der Waals surface area (Å²) < 4.78 is 0. The highest BCUT2D eigenvalue weighted by Crippen LogP contribution is 2.40. The average Bonchev–Trinajstić information content (AvgIpc) is 2.82. The van der Waals surface area contributed by atoms with E-state index in [0.29, 0.717) is 12.8 Å². The van der Waals surface area contributed by atoms with Crippen LogP contribution in [-0.4, -0.2) is 34.2 Å². The molecule has 1 aliphatic carbocycles. The normalized spacial score (nSPS) is 21.8. The summed E-state index contributed by atoms with van der Waals surface area (Å²) in [5.41, 5.74) is -1.21. The number of carbonyl (C=O) groups is 3. The van der Waals surface area contributed by atoms with Gasteiger partial charge in [0.05, 0.1) is 11.8 Å². The van der Waals surface area contributed by atoms with Gasteiger partial charge in [-0.25, -0.2) is 9.59 Å². The Morgan fingerprint density at radius 2 is 1.16 bits per heavy atom. The molecular weight excluding hydrogens is 488 g/mol. The van der Waals surface area contributed by atoms with Gasteiger partial charge in [0.2, 0.25) is 0 Å². The molecule has 0 spiro atoms. The van der Waals surface area contributed by atoms with Crippen LogP contribution >= 0.6 is 0 Å². The van der Waals surface area contributed by atoms with Crippen LogP contribution in [0.25, 0.3) is 0 Å². The molecule has 0 saturated carbocycles. The number of rotatable bonds is 17. The van der Waals surface area contributed by atoms with Gasteiger partial charge in [0.15, 0.2) is 0 Å². The maximum absolute atomic E-state index is 13.1. The van der Waals surface area contributed by atoms with Crippen molar-refractivity contribution in [1.29, 1.82) is 0 Å². The fourth-order valence-corrected chi connectivity index (χ4v) is 4.69. The third kappa shape index (κ3) is 14.3. The molecule has 1 N–H and O–H groups in total. The topological polar surface area (TPSA) is 108 Å². The van der Waals surface area contributed by atoms with Crippen LogP contribution in [0.5, 0.6) is 0 Å². The molecule has 1 rings (SSSR count). The molecule has 8 heteroatoms. The Labute approximate surface area is 229 Å². The predicted molar refractivity (Wildman–Crippen MR) is 146 cm³/mol. The van der Waals surface area contributed by atoms with Crippen molar-refractivity contribution in [1.82, 2.24) is 0 Å². The molecule has 0 amide bonds. The molecule has 1 aliphatic rings. The van der Waals surface area contributed by atoms with E-state index in [2.05, 4.69) is 6.92 Å². The minimum atomic E-state index is -0.958. The minimum Gasteiger partial charge on any atom is -0.481 e. The van der Waals surface area contributed by atoms with E-state index in [1.54, 1.807) is 20.8 Å². The summed E-state index contributed by atoms with van der Waals surface area (Å²) in [6.45, 7) is 12.9. The standard InChI is InChI=1S/C30H52O8/c1-8-9-10-14-17-22-20-21-23(26(25(22)27(32)33)28(34)36-38-30(5,6)7)18-15-12-11-13-16-19-24(31)35-37-29(2,3)4/h20-23,25-26H,8-19H2,1-7H3,(H,32,33). The number of carbonyl (C=O) groups excluding carboxylic acids is 2. The Bertz CT molecular complexity index is 746. The molecule has 0 aromatic heterocycles. The monoisotopic (exact) mass is 540 g/mol. The molecule has 4 unspecified atom stereocenters. The van der Waals surface area contributed by atoms with Crippen molar-refractivity contribution in [3.05, 3.63) is 12.2 Å². The van der Waals surface area contributed by atoms with Crippen LogP contribution in [0.15, 0.2) is 12.2 Å². The van der Waals surface area contributed by atoms with Crippen molar-refractivity contribution in [2.45, 2.75) is 137 Å². The Balaban J connectivity index is 2.68. The summed E-state index contributed by atoms with van der Waals surface area (Å²) in [5, 5.41) is 10.1. The molecule has 0 aromatic carbocycles. The van der Waals surface area contributed by atoms with Gasteiger partial charge in [-0.3, -0.25) is 14.6 Å². The summed E-state index contributed by atoms with van der Waals surface area (Å²) in [4.78, 5) is 57.6. The molecule has 0 fully saturated rings. The molecule has 0 bridgehead atoms. The maximum atomic E-state index is 13.1. The second kappa shape index (κ2) is 16.9. The zero-order valence-electron chi connectivity index (χ0n) is 24.8. The molecule has 8 nitrogen and oxygen atoms in total. The lowest BCUT2D eigenvalue weighted by atomic mass is 9.67. The van der Waals surface area contributed by atoms with Crippen LogP contribution in [0.4, 0.5) is 0 Å². The quantitative estimate of drug-likeness (QED) is 0.0882. The number of carboxylic acids is 1.